The molecule has 3 aromatic rings. The summed E-state index contributed by atoms with van der Waals surface area (Å²) in [6, 6.07) is 16.2. The van der Waals surface area contributed by atoms with Crippen LogP contribution < -0.4 is 0 Å². The summed E-state index contributed by atoms with van der Waals surface area (Å²) in [5.74, 6) is 0. The molecule has 0 amide bonds. The van der Waals surface area contributed by atoms with Crippen LogP contribution >= 0.6 is 11.6 Å². The van der Waals surface area contributed by atoms with Crippen LogP contribution in [0.3, 0.4) is 0 Å². The van der Waals surface area contributed by atoms with Gasteiger partial charge in [-0.1, -0.05) is 48.0 Å². The number of aliphatic hydroxyl groups is 1. The van der Waals surface area contributed by atoms with Crippen LogP contribution in [0, 0.1) is 18.3 Å². The molecule has 2 unspecified atom stereocenters. The van der Waals surface area contributed by atoms with Crippen LogP contribution in [-0.2, 0) is 16.8 Å². The average molecular weight is 429 g/mol. The molecule has 29 heavy (non-hydrogen) atoms. The lowest BCUT2D eigenvalue weighted by molar-refractivity contribution is 0.0860. The van der Waals surface area contributed by atoms with Crippen molar-refractivity contribution < 1.29 is 9.32 Å². The van der Waals surface area contributed by atoms with Crippen LogP contribution in [0.4, 0.5) is 0 Å². The summed E-state index contributed by atoms with van der Waals surface area (Å²) in [7, 11) is 3.43. The van der Waals surface area contributed by atoms with E-state index in [-0.39, 0.29) is 6.42 Å². The van der Waals surface area contributed by atoms with E-state index in [4.69, 9.17) is 11.6 Å². The highest BCUT2D eigenvalue weighted by Crippen LogP contribution is 2.35. The Morgan fingerprint density at radius 3 is 2.24 bits per heavy atom. The van der Waals surface area contributed by atoms with Gasteiger partial charge in [-0.2, -0.15) is 14.4 Å². The molecule has 1 aromatic heterocycles. The minimum Gasteiger partial charge on any atom is -0.379 e. The fourth-order valence-electron chi connectivity index (χ4n) is 3.10. The Balaban J connectivity index is 1.98. The molecule has 0 aliphatic carbocycles. The summed E-state index contributed by atoms with van der Waals surface area (Å²) in [6.07, 6.45) is 1.65. The van der Waals surface area contributed by atoms with Crippen molar-refractivity contribution in [2.45, 2.75) is 18.9 Å². The first kappa shape index (κ1) is 21.2. The fourth-order valence-corrected chi connectivity index (χ4v) is 3.95. The molecule has 1 N–H and O–H groups in total. The molecule has 0 saturated carbocycles. The fraction of sp³-hybridized carbons (Fsp3) is 0.238. The van der Waals surface area contributed by atoms with Crippen LogP contribution in [0.15, 0.2) is 54.7 Å². The molecule has 8 heteroatoms. The molecule has 0 aliphatic heterocycles. The van der Waals surface area contributed by atoms with Crippen molar-refractivity contribution in [2.24, 2.45) is 0 Å². The topological polar surface area (TPSA) is 82.2 Å². The lowest BCUT2D eigenvalue weighted by Crippen LogP contribution is -2.26. The Kier molecular flexibility index (Phi) is 6.20. The van der Waals surface area contributed by atoms with Crippen LogP contribution in [0.25, 0.3) is 11.1 Å². The molecule has 0 spiro atoms. The van der Waals surface area contributed by atoms with Crippen molar-refractivity contribution in [1.29, 1.82) is 5.26 Å². The Labute approximate surface area is 177 Å². The molecule has 0 fully saturated rings. The van der Waals surface area contributed by atoms with Crippen molar-refractivity contribution in [2.75, 3.05) is 14.1 Å². The maximum absolute atomic E-state index is 12.2. The van der Waals surface area contributed by atoms with E-state index < -0.39 is 16.8 Å². The number of hydrogen-bond donors (Lipinski definition) is 1. The SMILES string of the molecule is Cc1nn(S(=O)N(C)C)cc1-c1ccc(C(O)(CC#N)c2ccc(Cl)cc2)cc1. The number of nitriles is 1. The predicted octanol–water partition coefficient (Wildman–Crippen LogP) is 3.65. The Morgan fingerprint density at radius 2 is 1.72 bits per heavy atom. The molecule has 1 heterocycles. The normalized spacial score (nSPS) is 14.4. The maximum atomic E-state index is 12.2. The standard InChI is InChI=1S/C21H21ClN4O2S/c1-15-20(14-26(24-15)29(28)25(2)3)16-4-6-17(7-5-16)21(27,12-13-23)18-8-10-19(22)11-9-18/h4-11,14,27H,12H2,1-3H3. The zero-order valence-corrected chi connectivity index (χ0v) is 17.9. The third-order valence-electron chi connectivity index (χ3n) is 4.68. The van der Waals surface area contributed by atoms with Gasteiger partial charge in [0.2, 0.25) is 11.2 Å². The van der Waals surface area contributed by atoms with Gasteiger partial charge in [0.1, 0.15) is 5.60 Å². The maximum Gasteiger partial charge on any atom is 0.219 e. The van der Waals surface area contributed by atoms with E-state index >= 15 is 0 Å². The van der Waals surface area contributed by atoms with Gasteiger partial charge in [0.25, 0.3) is 0 Å². The van der Waals surface area contributed by atoms with Crippen molar-refractivity contribution in [3.05, 3.63) is 76.6 Å². The second-order valence-electron chi connectivity index (χ2n) is 6.85. The van der Waals surface area contributed by atoms with E-state index in [2.05, 4.69) is 11.2 Å². The molecule has 150 valence electrons. The van der Waals surface area contributed by atoms with E-state index in [1.165, 1.54) is 4.09 Å². The van der Waals surface area contributed by atoms with Gasteiger partial charge in [-0.25, -0.2) is 8.51 Å². The molecule has 0 aliphatic rings. The minimum atomic E-state index is -1.44. The van der Waals surface area contributed by atoms with E-state index in [0.29, 0.717) is 16.1 Å². The van der Waals surface area contributed by atoms with Gasteiger partial charge in [-0.3, -0.25) is 0 Å². The summed E-state index contributed by atoms with van der Waals surface area (Å²) in [5.41, 5.74) is 2.24. The van der Waals surface area contributed by atoms with Crippen molar-refractivity contribution in [3.8, 4) is 17.2 Å². The quantitative estimate of drug-likeness (QED) is 0.649. The van der Waals surface area contributed by atoms with Crippen LogP contribution in [0.2, 0.25) is 5.02 Å². The molecular weight excluding hydrogens is 408 g/mol. The Morgan fingerprint density at radius 1 is 1.17 bits per heavy atom. The molecule has 0 bridgehead atoms. The zero-order valence-electron chi connectivity index (χ0n) is 16.3. The summed E-state index contributed by atoms with van der Waals surface area (Å²) in [4.78, 5) is 0. The van der Waals surface area contributed by atoms with Crippen LogP contribution in [0.1, 0.15) is 23.2 Å². The van der Waals surface area contributed by atoms with Gasteiger partial charge in [0.15, 0.2) is 0 Å². The predicted molar refractivity (Wildman–Crippen MR) is 114 cm³/mol. The van der Waals surface area contributed by atoms with E-state index in [1.54, 1.807) is 61.0 Å². The lowest BCUT2D eigenvalue weighted by Gasteiger charge is -2.27. The van der Waals surface area contributed by atoms with Crippen LogP contribution in [0.5, 0.6) is 0 Å². The number of aryl methyl sites for hydroxylation is 1. The van der Waals surface area contributed by atoms with Gasteiger partial charge in [-0.15, -0.1) is 0 Å². The van der Waals surface area contributed by atoms with Crippen molar-refractivity contribution >= 4 is 22.8 Å². The monoisotopic (exact) mass is 428 g/mol. The number of rotatable bonds is 6. The van der Waals surface area contributed by atoms with Crippen molar-refractivity contribution in [3.63, 3.8) is 0 Å². The van der Waals surface area contributed by atoms with Gasteiger partial charge < -0.3 is 5.11 Å². The minimum absolute atomic E-state index is 0.0905. The summed E-state index contributed by atoms with van der Waals surface area (Å²) in [6.45, 7) is 1.85. The van der Waals surface area contributed by atoms with Crippen molar-refractivity contribution in [1.82, 2.24) is 13.5 Å². The molecule has 2 aromatic carbocycles. The summed E-state index contributed by atoms with van der Waals surface area (Å²) < 4.78 is 15.2. The Hall–Kier alpha value is -2.50. The molecule has 3 rings (SSSR count). The highest BCUT2D eigenvalue weighted by atomic mass is 35.5. The smallest absolute Gasteiger partial charge is 0.219 e. The highest BCUT2D eigenvalue weighted by Gasteiger charge is 2.31. The van der Waals surface area contributed by atoms with Gasteiger partial charge in [-0.05, 0) is 35.7 Å². The third kappa shape index (κ3) is 4.26. The van der Waals surface area contributed by atoms with E-state index in [0.717, 1.165) is 16.8 Å². The zero-order chi connectivity index (χ0) is 21.2. The van der Waals surface area contributed by atoms with E-state index in [1.807, 2.05) is 19.1 Å². The van der Waals surface area contributed by atoms with Gasteiger partial charge in [0.05, 0.1) is 18.2 Å². The highest BCUT2D eigenvalue weighted by molar-refractivity contribution is 7.80. The number of hydrogen-bond acceptors (Lipinski definition) is 4. The summed E-state index contributed by atoms with van der Waals surface area (Å²) >= 11 is 4.56. The molecular formula is C21H21ClN4O2S. The number of halogens is 1. The molecule has 0 radical (unpaired) electrons. The average Bonchev–Trinajstić information content (AvgIpc) is 3.09. The second kappa shape index (κ2) is 8.47. The number of nitrogens with zero attached hydrogens (tertiary/aromatic N) is 4. The first-order valence-electron chi connectivity index (χ1n) is 8.88. The second-order valence-corrected chi connectivity index (χ2v) is 8.86. The van der Waals surface area contributed by atoms with Crippen LogP contribution in [-0.4, -0.2) is 36.9 Å². The van der Waals surface area contributed by atoms with E-state index in [9.17, 15) is 14.6 Å². The first-order valence-corrected chi connectivity index (χ1v) is 10.3. The molecule has 0 saturated heterocycles. The first-order chi connectivity index (χ1) is 13.8. The molecule has 6 nitrogen and oxygen atoms in total. The Bertz CT molecular complexity index is 1070. The summed E-state index contributed by atoms with van der Waals surface area (Å²) in [5, 5.41) is 25.4. The lowest BCUT2D eigenvalue weighted by atomic mass is 9.83. The van der Waals surface area contributed by atoms with Gasteiger partial charge >= 0.3 is 0 Å². The largest absolute Gasteiger partial charge is 0.379 e. The number of aromatic nitrogens is 2. The third-order valence-corrected chi connectivity index (χ3v) is 6.06. The van der Waals surface area contributed by atoms with Gasteiger partial charge in [0, 0.05) is 30.9 Å². The number of benzene rings is 2. The molecule has 2 atom stereocenters.